The van der Waals surface area contributed by atoms with Crippen molar-refractivity contribution < 1.29 is 30.7 Å². The number of alkyl halides is 3. The zero-order valence-electron chi connectivity index (χ0n) is 15.4. The molecule has 156 valence electrons. The van der Waals surface area contributed by atoms with E-state index in [9.17, 15) is 21.6 Å². The van der Waals surface area contributed by atoms with Crippen molar-refractivity contribution in [1.82, 2.24) is 9.29 Å². The summed E-state index contributed by atoms with van der Waals surface area (Å²) in [6.45, 7) is -1.34. The van der Waals surface area contributed by atoms with Gasteiger partial charge in [0.2, 0.25) is 10.0 Å². The lowest BCUT2D eigenvalue weighted by Crippen LogP contribution is -2.22. The summed E-state index contributed by atoms with van der Waals surface area (Å²) in [6.07, 6.45) is -4.38. The maximum atomic E-state index is 12.2. The first-order valence-electron chi connectivity index (χ1n) is 8.29. The van der Waals surface area contributed by atoms with Gasteiger partial charge in [-0.05, 0) is 35.9 Å². The highest BCUT2D eigenvalue weighted by molar-refractivity contribution is 7.98. The van der Waals surface area contributed by atoms with Crippen LogP contribution in [0, 0.1) is 0 Å². The molecule has 0 fully saturated rings. The molecule has 0 spiro atoms. The van der Waals surface area contributed by atoms with Crippen LogP contribution >= 0.6 is 11.8 Å². The van der Waals surface area contributed by atoms with Crippen LogP contribution in [-0.2, 0) is 15.8 Å². The van der Waals surface area contributed by atoms with Crippen molar-refractivity contribution in [3.63, 3.8) is 0 Å². The average Bonchev–Trinajstić information content (AvgIpc) is 3.07. The summed E-state index contributed by atoms with van der Waals surface area (Å²) < 4.78 is 72.3. The van der Waals surface area contributed by atoms with Crippen LogP contribution in [0.5, 0.6) is 5.75 Å². The van der Waals surface area contributed by atoms with E-state index in [1.165, 1.54) is 50.1 Å². The summed E-state index contributed by atoms with van der Waals surface area (Å²) >= 11 is 1.28. The predicted molar refractivity (Wildman–Crippen MR) is 102 cm³/mol. The Morgan fingerprint density at radius 2 is 1.83 bits per heavy atom. The minimum Gasteiger partial charge on any atom is -0.484 e. The lowest BCUT2D eigenvalue weighted by molar-refractivity contribution is -0.153. The second kappa shape index (κ2) is 8.25. The fourth-order valence-electron chi connectivity index (χ4n) is 2.31. The Morgan fingerprint density at radius 1 is 1.14 bits per heavy atom. The standard InChI is InChI=1S/C18H17F3N2O4S2/c1-23(2)29(24,25)14-7-8-16-15(9-14)22-17(27-16)28-10-12-3-5-13(6-4-12)26-11-18(19,20)21/h3-9H,10-11H2,1-2H3. The number of aromatic nitrogens is 1. The molecule has 0 bridgehead atoms. The minimum atomic E-state index is -4.38. The number of benzene rings is 2. The van der Waals surface area contributed by atoms with Crippen LogP contribution in [0.25, 0.3) is 11.1 Å². The Hall–Kier alpha value is -2.24. The molecule has 1 heterocycles. The zero-order valence-corrected chi connectivity index (χ0v) is 17.1. The normalized spacial score (nSPS) is 12.6. The smallest absolute Gasteiger partial charge is 0.422 e. The summed E-state index contributed by atoms with van der Waals surface area (Å²) in [5.41, 5.74) is 1.72. The van der Waals surface area contributed by atoms with E-state index in [0.717, 1.165) is 9.87 Å². The molecule has 1 aromatic heterocycles. The number of halogens is 3. The van der Waals surface area contributed by atoms with E-state index >= 15 is 0 Å². The molecule has 29 heavy (non-hydrogen) atoms. The summed E-state index contributed by atoms with van der Waals surface area (Å²) in [4.78, 5) is 4.42. The highest BCUT2D eigenvalue weighted by Crippen LogP contribution is 2.29. The SMILES string of the molecule is CN(C)S(=O)(=O)c1ccc2oc(SCc3ccc(OCC(F)(F)F)cc3)nc2c1. The number of oxazole rings is 1. The molecule has 6 nitrogen and oxygen atoms in total. The maximum absolute atomic E-state index is 12.2. The van der Waals surface area contributed by atoms with Crippen molar-refractivity contribution in [2.75, 3.05) is 20.7 Å². The Balaban J connectivity index is 1.66. The van der Waals surface area contributed by atoms with Gasteiger partial charge in [-0.1, -0.05) is 23.9 Å². The van der Waals surface area contributed by atoms with Crippen LogP contribution in [0.3, 0.4) is 0 Å². The molecule has 3 rings (SSSR count). The summed E-state index contributed by atoms with van der Waals surface area (Å²) in [5.74, 6) is 0.599. The lowest BCUT2D eigenvalue weighted by Gasteiger charge is -2.10. The Morgan fingerprint density at radius 3 is 2.45 bits per heavy atom. The van der Waals surface area contributed by atoms with Crippen LogP contribution in [0.1, 0.15) is 5.56 Å². The molecule has 0 atom stereocenters. The Kier molecular flexibility index (Phi) is 6.11. The van der Waals surface area contributed by atoms with Gasteiger partial charge in [-0.2, -0.15) is 13.2 Å². The molecule has 0 unspecified atom stereocenters. The van der Waals surface area contributed by atoms with E-state index in [0.29, 0.717) is 22.1 Å². The van der Waals surface area contributed by atoms with Gasteiger partial charge in [0.05, 0.1) is 4.90 Å². The quantitative estimate of drug-likeness (QED) is 0.504. The van der Waals surface area contributed by atoms with Gasteiger partial charge >= 0.3 is 6.18 Å². The largest absolute Gasteiger partial charge is 0.484 e. The van der Waals surface area contributed by atoms with Crippen LogP contribution in [0.2, 0.25) is 0 Å². The second-order valence-electron chi connectivity index (χ2n) is 6.23. The number of hydrogen-bond donors (Lipinski definition) is 0. The average molecular weight is 446 g/mol. The molecular weight excluding hydrogens is 429 g/mol. The van der Waals surface area contributed by atoms with Crippen molar-refractivity contribution >= 4 is 32.9 Å². The van der Waals surface area contributed by atoms with Crippen molar-refractivity contribution in [2.45, 2.75) is 22.0 Å². The number of sulfonamides is 1. The molecular formula is C18H17F3N2O4S2. The van der Waals surface area contributed by atoms with Gasteiger partial charge in [0.25, 0.3) is 5.22 Å². The van der Waals surface area contributed by atoms with E-state index in [-0.39, 0.29) is 10.6 Å². The first-order chi connectivity index (χ1) is 13.5. The highest BCUT2D eigenvalue weighted by Gasteiger charge is 2.28. The van der Waals surface area contributed by atoms with Crippen molar-refractivity contribution in [1.29, 1.82) is 0 Å². The van der Waals surface area contributed by atoms with Gasteiger partial charge in [0.1, 0.15) is 11.3 Å². The molecule has 2 aromatic carbocycles. The van der Waals surface area contributed by atoms with Gasteiger partial charge in [0, 0.05) is 19.8 Å². The summed E-state index contributed by atoms with van der Waals surface area (Å²) in [7, 11) is -0.675. The highest BCUT2D eigenvalue weighted by atomic mass is 32.2. The van der Waals surface area contributed by atoms with Gasteiger partial charge in [-0.15, -0.1) is 0 Å². The van der Waals surface area contributed by atoms with Crippen molar-refractivity contribution in [3.05, 3.63) is 48.0 Å². The Labute approximate surface area is 169 Å². The molecule has 0 amide bonds. The number of thioether (sulfide) groups is 1. The number of rotatable bonds is 7. The number of fused-ring (bicyclic) bond motifs is 1. The lowest BCUT2D eigenvalue weighted by atomic mass is 10.2. The number of ether oxygens (including phenoxy) is 1. The second-order valence-corrected chi connectivity index (χ2v) is 9.31. The maximum Gasteiger partial charge on any atom is 0.422 e. The van der Waals surface area contributed by atoms with Gasteiger partial charge in [-0.25, -0.2) is 17.7 Å². The fraction of sp³-hybridized carbons (Fsp3) is 0.278. The third kappa shape index (κ3) is 5.43. The molecule has 3 aromatic rings. The van der Waals surface area contributed by atoms with Gasteiger partial charge < -0.3 is 9.15 Å². The molecule has 0 radical (unpaired) electrons. The molecule has 0 aliphatic carbocycles. The van der Waals surface area contributed by atoms with Crippen LogP contribution < -0.4 is 4.74 Å². The summed E-state index contributed by atoms with van der Waals surface area (Å²) in [5, 5.41) is 0.358. The predicted octanol–water partition coefficient (Wildman–Crippen LogP) is 4.31. The molecule has 0 saturated heterocycles. The molecule has 0 aliphatic rings. The fourth-order valence-corrected chi connectivity index (χ4v) is 4.03. The van der Waals surface area contributed by atoms with Gasteiger partial charge in [0.15, 0.2) is 12.2 Å². The molecule has 0 aliphatic heterocycles. The summed E-state index contributed by atoms with van der Waals surface area (Å²) in [6, 6.07) is 10.7. The number of hydrogen-bond acceptors (Lipinski definition) is 6. The van der Waals surface area contributed by atoms with Crippen molar-refractivity contribution in [3.8, 4) is 5.75 Å². The van der Waals surface area contributed by atoms with E-state index < -0.39 is 22.8 Å². The van der Waals surface area contributed by atoms with E-state index in [1.54, 1.807) is 18.2 Å². The molecule has 11 heteroatoms. The molecule has 0 N–H and O–H groups in total. The zero-order chi connectivity index (χ0) is 21.2. The van der Waals surface area contributed by atoms with E-state index in [4.69, 9.17) is 4.42 Å². The van der Waals surface area contributed by atoms with Crippen LogP contribution in [-0.4, -0.2) is 44.6 Å². The monoisotopic (exact) mass is 446 g/mol. The van der Waals surface area contributed by atoms with Gasteiger partial charge in [-0.3, -0.25) is 0 Å². The third-order valence-corrected chi connectivity index (χ3v) is 6.52. The Bertz CT molecular complexity index is 1090. The topological polar surface area (TPSA) is 72.6 Å². The first-order valence-corrected chi connectivity index (χ1v) is 10.7. The third-order valence-electron chi connectivity index (χ3n) is 3.81. The molecule has 0 saturated carbocycles. The van der Waals surface area contributed by atoms with Crippen molar-refractivity contribution in [2.24, 2.45) is 0 Å². The van der Waals surface area contributed by atoms with E-state index in [2.05, 4.69) is 9.72 Å². The van der Waals surface area contributed by atoms with E-state index in [1.807, 2.05) is 0 Å². The number of nitrogens with zero attached hydrogens (tertiary/aromatic N) is 2. The first kappa shape index (κ1) is 21.5. The minimum absolute atomic E-state index is 0.120. The van der Waals surface area contributed by atoms with Crippen LogP contribution in [0.15, 0.2) is 57.0 Å². The van der Waals surface area contributed by atoms with Crippen LogP contribution in [0.4, 0.5) is 13.2 Å².